The minimum Gasteiger partial charge on any atom is -0.467 e. The van der Waals surface area contributed by atoms with E-state index in [1.807, 2.05) is 60.7 Å². The molecule has 5 fully saturated rings. The van der Waals surface area contributed by atoms with Crippen molar-refractivity contribution < 1.29 is 133 Å². The second kappa shape index (κ2) is 51.5. The van der Waals surface area contributed by atoms with E-state index in [1.165, 1.54) is 43.5 Å². The fourth-order valence-corrected chi connectivity index (χ4v) is 17.1. The minimum absolute atomic E-state index is 0.0139. The fourth-order valence-electron chi connectivity index (χ4n) is 17.1. The van der Waals surface area contributed by atoms with Crippen LogP contribution in [0.1, 0.15) is 88.2 Å². The lowest BCUT2D eigenvalue weighted by molar-refractivity contribution is -0.380. The van der Waals surface area contributed by atoms with E-state index in [1.54, 1.807) is 213 Å². The number of azide groups is 3. The molecule has 0 N–H and O–H groups in total. The van der Waals surface area contributed by atoms with Crippen molar-refractivity contribution >= 4 is 35.8 Å². The predicted molar refractivity (Wildman–Crippen MR) is 498 cm³/mol. The lowest BCUT2D eigenvalue weighted by atomic mass is 9.92. The van der Waals surface area contributed by atoms with Crippen LogP contribution in [-0.4, -0.2) is 224 Å². The molecule has 0 aromatic heterocycles. The van der Waals surface area contributed by atoms with Gasteiger partial charge in [-0.1, -0.05) is 277 Å². The molecule has 5 heterocycles. The van der Waals surface area contributed by atoms with Crippen molar-refractivity contribution in [3.05, 3.63) is 390 Å². The molecular weight excluding hydrogens is 1820 g/mol. The molecule has 0 bridgehead atoms. The molecule has 5 aliphatic heterocycles. The summed E-state index contributed by atoms with van der Waals surface area (Å²) in [5.41, 5.74) is 36.5. The standard InChI is InChI=1S/C104H105N9O28/c1-5-74-81(136-103-92(128-61-69-46-26-11-27-47-69)86(126-59-67-42-22-9-23-43-67)88(90(140-103)98(118)120-2)138-101-78(109-112-106)83(124-57-65-38-18-7-19-39-65)80(123-56-64-36-16-6-17-37-64)75(133-101)62-129-94(114)70-48-28-12-29-49-70)85(134-96(116)72-52-32-14-33-53-72)79(110-113-107)102(131-74)139-89-87(127-60-68-44-24-10-25-45-68)93(135-97(117)73-54-34-15-35-55-73)104(141-91(89)99(119)121-3)137-82-76(63-130-95(115)71-50-30-13-31-51-71)132-100(122-4)77(108-111-105)84(82)125-58-66-40-20-8-21-41-66/h6-55,74-93,100-104H,5,56-63H2,1-4H3/t74?,75?,76?,77-,78?,79-,80+,81+,82+,83-,84?,85?,86+,87-,88-,89-,90?,91?,92?,93?,100-,101+,102+,103-,104-/m1/s1. The monoisotopic (exact) mass is 1930 g/mol. The van der Waals surface area contributed by atoms with Gasteiger partial charge in [0.15, 0.2) is 49.8 Å². The second-order valence-electron chi connectivity index (χ2n) is 33.1. The highest BCUT2D eigenvalue weighted by Crippen LogP contribution is 2.44. The number of benzene rings is 10. The van der Waals surface area contributed by atoms with Gasteiger partial charge in [0.2, 0.25) is 0 Å². The lowest BCUT2D eigenvalue weighted by Crippen LogP contribution is -2.69. The van der Waals surface area contributed by atoms with E-state index in [9.17, 15) is 26.2 Å². The highest BCUT2D eigenvalue weighted by atomic mass is 16.8. The van der Waals surface area contributed by atoms with Crippen LogP contribution in [0.5, 0.6) is 0 Å². The summed E-state index contributed by atoms with van der Waals surface area (Å²) >= 11 is 0. The summed E-state index contributed by atoms with van der Waals surface area (Å²) in [6, 6.07) is 80.5. The van der Waals surface area contributed by atoms with Crippen LogP contribution in [0, 0.1) is 0 Å². The number of carbonyl (C=O) groups is 6. The van der Waals surface area contributed by atoms with Gasteiger partial charge in [-0.3, -0.25) is 0 Å². The lowest BCUT2D eigenvalue weighted by Gasteiger charge is -2.51. The summed E-state index contributed by atoms with van der Waals surface area (Å²) in [4.78, 5) is 99.7. The van der Waals surface area contributed by atoms with E-state index < -0.39 is 202 Å². The predicted octanol–water partition coefficient (Wildman–Crippen LogP) is 15.3. The zero-order valence-corrected chi connectivity index (χ0v) is 77.1. The maximum atomic E-state index is 15.5. The summed E-state index contributed by atoms with van der Waals surface area (Å²) in [5, 5.41) is 12.8. The number of methoxy groups -OCH3 is 3. The Morgan fingerprint density at radius 1 is 0.277 bits per heavy atom. The molecule has 10 aromatic carbocycles. The molecule has 734 valence electrons. The van der Waals surface area contributed by atoms with E-state index in [-0.39, 0.29) is 68.3 Å². The molecule has 37 nitrogen and oxygen atoms in total. The van der Waals surface area contributed by atoms with Crippen molar-refractivity contribution in [2.45, 2.75) is 206 Å². The Balaban J connectivity index is 0.837. The third-order valence-electron chi connectivity index (χ3n) is 24.0. The van der Waals surface area contributed by atoms with Gasteiger partial charge in [0, 0.05) is 21.8 Å². The SMILES string of the molecule is CCC1O[C@@H](O[C@H]2C(C(=O)OC)O[C@@H](O[C@H]3C(COC(=O)c4ccccc4)O[C@@H](OC)[C@H](N=[N+]=[N-])C3OCc3ccccc3)C(OC(=O)c3ccccc3)[C@@H]2OCc2ccccc2)[C@H](N=[N+]=[N-])C(OC(=O)c2ccccc2)[C@H]1O[C@@H]1OC(C(=O)OC)[C@H](O[C@@H]2OC(COC(=O)c3ccccc3)[C@H](OCc3ccccc3)[C@H](OCc3ccccc3)C2N=[N+]=[N-])[C@H](OCc2ccccc2)C1OCc1ccccc1. The van der Waals surface area contributed by atoms with Gasteiger partial charge < -0.3 is 104 Å². The Bertz CT molecular complexity index is 5790. The zero-order chi connectivity index (χ0) is 98.2. The molecule has 0 saturated carbocycles. The summed E-state index contributed by atoms with van der Waals surface area (Å²) in [5.74, 6) is -5.88. The number of ether oxygens (including phenoxy) is 22. The zero-order valence-electron chi connectivity index (χ0n) is 77.1. The topological polar surface area (TPSA) is 452 Å². The third kappa shape index (κ3) is 26.5. The largest absolute Gasteiger partial charge is 0.467 e. The molecule has 0 radical (unpaired) electrons. The average Bonchev–Trinajstić information content (AvgIpc) is 0.742. The van der Waals surface area contributed by atoms with Crippen LogP contribution < -0.4 is 0 Å². The summed E-state index contributed by atoms with van der Waals surface area (Å²) in [6.45, 7) is -0.714. The Labute approximate surface area is 811 Å². The first-order valence-electron chi connectivity index (χ1n) is 45.7. The number of nitrogens with zero attached hydrogens (tertiary/aromatic N) is 9. The van der Waals surface area contributed by atoms with Crippen LogP contribution in [0.25, 0.3) is 31.3 Å². The molecule has 0 amide bonds. The van der Waals surface area contributed by atoms with E-state index in [4.69, 9.17) is 104 Å². The van der Waals surface area contributed by atoms with Gasteiger partial charge in [-0.25, -0.2) is 28.8 Å². The minimum atomic E-state index is -2.12. The summed E-state index contributed by atoms with van der Waals surface area (Å²) in [6.07, 6.45) is -38.2. The number of carbonyl (C=O) groups excluding carboxylic acids is 6. The van der Waals surface area contributed by atoms with Gasteiger partial charge in [0.1, 0.15) is 111 Å². The van der Waals surface area contributed by atoms with E-state index in [2.05, 4.69) is 30.1 Å². The molecule has 37 heteroatoms. The molecule has 10 aromatic rings. The molecule has 141 heavy (non-hydrogen) atoms. The first kappa shape index (κ1) is 102. The molecule has 10 unspecified atom stereocenters. The van der Waals surface area contributed by atoms with Gasteiger partial charge in [0.05, 0.1) is 82.2 Å². The van der Waals surface area contributed by atoms with Crippen molar-refractivity contribution in [2.75, 3.05) is 34.5 Å². The highest BCUT2D eigenvalue weighted by Gasteiger charge is 2.62. The summed E-state index contributed by atoms with van der Waals surface area (Å²) < 4.78 is 148. The number of esters is 6. The third-order valence-corrected chi connectivity index (χ3v) is 24.0. The number of rotatable bonds is 43. The van der Waals surface area contributed by atoms with Crippen LogP contribution in [0.3, 0.4) is 0 Å². The van der Waals surface area contributed by atoms with Crippen molar-refractivity contribution in [3.63, 3.8) is 0 Å². The number of hydrogen-bond donors (Lipinski definition) is 0. The van der Waals surface area contributed by atoms with E-state index in [0.717, 1.165) is 19.8 Å². The van der Waals surface area contributed by atoms with Crippen LogP contribution in [0.15, 0.2) is 319 Å². The Kier molecular flexibility index (Phi) is 37.1. The molecule has 0 aliphatic carbocycles. The van der Waals surface area contributed by atoms with Gasteiger partial charge in [-0.05, 0) is 105 Å². The van der Waals surface area contributed by atoms with E-state index in [0.29, 0.717) is 27.8 Å². The molecular formula is C104H105N9O28. The van der Waals surface area contributed by atoms with Crippen LogP contribution in [-0.2, 0) is 153 Å². The Hall–Kier alpha value is -13.7. The van der Waals surface area contributed by atoms with Gasteiger partial charge >= 0.3 is 35.8 Å². The fraction of sp³-hybridized carbons (Fsp3) is 0.365. The summed E-state index contributed by atoms with van der Waals surface area (Å²) in [7, 11) is 3.44. The Morgan fingerprint density at radius 3 is 0.887 bits per heavy atom. The van der Waals surface area contributed by atoms with Gasteiger partial charge in [0.25, 0.3) is 0 Å². The van der Waals surface area contributed by atoms with Crippen molar-refractivity contribution in [2.24, 2.45) is 15.3 Å². The molecule has 15 rings (SSSR count). The highest BCUT2D eigenvalue weighted by molar-refractivity contribution is 5.91. The van der Waals surface area contributed by atoms with Gasteiger partial charge in [-0.2, -0.15) is 0 Å². The molecule has 5 saturated heterocycles. The van der Waals surface area contributed by atoms with Crippen molar-refractivity contribution in [3.8, 4) is 0 Å². The van der Waals surface area contributed by atoms with Crippen LogP contribution in [0.4, 0.5) is 0 Å². The maximum Gasteiger partial charge on any atom is 0.338 e. The average molecular weight is 1930 g/mol. The second-order valence-corrected chi connectivity index (χ2v) is 33.1. The maximum absolute atomic E-state index is 15.5. The quantitative estimate of drug-likeness (QED) is 0.0113. The molecule has 25 atom stereocenters. The van der Waals surface area contributed by atoms with Crippen molar-refractivity contribution in [1.29, 1.82) is 0 Å². The smallest absolute Gasteiger partial charge is 0.338 e. The van der Waals surface area contributed by atoms with Crippen molar-refractivity contribution in [1.82, 2.24) is 0 Å². The van der Waals surface area contributed by atoms with Gasteiger partial charge in [-0.15, -0.1) is 0 Å². The normalized spacial score (nSPS) is 27.4. The number of hydrogen-bond acceptors (Lipinski definition) is 31. The first-order valence-corrected chi connectivity index (χ1v) is 45.7. The first-order chi connectivity index (χ1) is 69.1. The van der Waals surface area contributed by atoms with Crippen LogP contribution in [0.2, 0.25) is 0 Å². The van der Waals surface area contributed by atoms with E-state index >= 15 is 19.2 Å². The molecule has 5 aliphatic rings. The molecule has 0 spiro atoms. The van der Waals surface area contributed by atoms with Crippen LogP contribution >= 0.6 is 0 Å². The Morgan fingerprint density at radius 2 is 0.539 bits per heavy atom.